The number of nitrogens with zero attached hydrogens (tertiary/aromatic N) is 1. The van der Waals surface area contributed by atoms with Crippen LogP contribution in [-0.4, -0.2) is 37.6 Å². The van der Waals surface area contributed by atoms with Gasteiger partial charge >= 0.3 is 0 Å². The molecule has 0 saturated carbocycles. The van der Waals surface area contributed by atoms with Crippen LogP contribution in [0.2, 0.25) is 0 Å². The van der Waals surface area contributed by atoms with Gasteiger partial charge in [0.25, 0.3) is 0 Å². The number of hydrogen-bond acceptors (Lipinski definition) is 4. The van der Waals surface area contributed by atoms with E-state index in [9.17, 15) is 8.42 Å². The average molecular weight is 316 g/mol. The van der Waals surface area contributed by atoms with Crippen LogP contribution in [-0.2, 0) is 16.6 Å². The summed E-state index contributed by atoms with van der Waals surface area (Å²) in [5, 5.41) is 5.28. The van der Waals surface area contributed by atoms with E-state index in [-0.39, 0.29) is 17.7 Å². The van der Waals surface area contributed by atoms with E-state index >= 15 is 0 Å². The van der Waals surface area contributed by atoms with E-state index in [1.165, 1.54) is 0 Å². The molecule has 2 rings (SSSR count). The Bertz CT molecular complexity index is 491. The highest BCUT2D eigenvalue weighted by atomic mass is 32.2. The minimum absolute atomic E-state index is 0.00125. The Morgan fingerprint density at radius 2 is 2.30 bits per heavy atom. The van der Waals surface area contributed by atoms with Crippen LogP contribution in [0.5, 0.6) is 0 Å². The molecule has 1 N–H and O–H groups in total. The first-order valence-corrected chi connectivity index (χ1v) is 9.70. The lowest BCUT2D eigenvalue weighted by atomic mass is 10.0. The van der Waals surface area contributed by atoms with Crippen molar-refractivity contribution in [2.24, 2.45) is 5.92 Å². The van der Waals surface area contributed by atoms with Gasteiger partial charge in [-0.3, -0.25) is 0 Å². The second-order valence-corrected chi connectivity index (χ2v) is 8.71. The molecule has 1 aliphatic heterocycles. The molecule has 1 saturated heterocycles. The lowest BCUT2D eigenvalue weighted by molar-refractivity contribution is 0.338. The van der Waals surface area contributed by atoms with Crippen molar-refractivity contribution in [2.45, 2.75) is 39.3 Å². The Labute approximate surface area is 126 Å². The molecular formula is C14H24N2O2S2. The molecule has 0 aromatic carbocycles. The molecule has 2 heterocycles. The summed E-state index contributed by atoms with van der Waals surface area (Å²) < 4.78 is 27.0. The van der Waals surface area contributed by atoms with Gasteiger partial charge in [0.1, 0.15) is 0 Å². The second kappa shape index (κ2) is 7.02. The Morgan fingerprint density at radius 3 is 2.85 bits per heavy atom. The summed E-state index contributed by atoms with van der Waals surface area (Å²) in [5.41, 5.74) is 0. The van der Waals surface area contributed by atoms with Crippen molar-refractivity contribution in [1.82, 2.24) is 9.62 Å². The standard InChI is InChI=1S/C14H24N2O2S2/c1-12(2)16(10-14-6-4-8-19-14)20(17,18)11-13-5-3-7-15-9-13/h4,6,8,12-13,15H,3,5,7,9-11H2,1-2H3. The Morgan fingerprint density at radius 1 is 1.50 bits per heavy atom. The summed E-state index contributed by atoms with van der Waals surface area (Å²) in [4.78, 5) is 1.10. The van der Waals surface area contributed by atoms with Gasteiger partial charge in [-0.15, -0.1) is 11.3 Å². The fraction of sp³-hybridized carbons (Fsp3) is 0.714. The first kappa shape index (κ1) is 15.9. The zero-order valence-corrected chi connectivity index (χ0v) is 13.8. The summed E-state index contributed by atoms with van der Waals surface area (Å²) >= 11 is 1.61. The van der Waals surface area contributed by atoms with Gasteiger partial charge in [0.2, 0.25) is 10.0 Å². The van der Waals surface area contributed by atoms with E-state index in [1.54, 1.807) is 15.6 Å². The van der Waals surface area contributed by atoms with E-state index in [1.807, 2.05) is 31.4 Å². The van der Waals surface area contributed by atoms with Gasteiger partial charge in [-0.1, -0.05) is 6.07 Å². The first-order chi connectivity index (χ1) is 9.49. The van der Waals surface area contributed by atoms with Crippen molar-refractivity contribution in [2.75, 3.05) is 18.8 Å². The summed E-state index contributed by atoms with van der Waals surface area (Å²) in [5.74, 6) is 0.516. The van der Waals surface area contributed by atoms with Gasteiger partial charge in [-0.05, 0) is 57.1 Å². The van der Waals surface area contributed by atoms with Crippen LogP contribution in [0.1, 0.15) is 31.6 Å². The van der Waals surface area contributed by atoms with Crippen LogP contribution < -0.4 is 5.32 Å². The Hall–Kier alpha value is -0.430. The van der Waals surface area contributed by atoms with Crippen LogP contribution >= 0.6 is 11.3 Å². The maximum Gasteiger partial charge on any atom is 0.214 e. The fourth-order valence-electron chi connectivity index (χ4n) is 2.62. The van der Waals surface area contributed by atoms with Crippen LogP contribution in [0.25, 0.3) is 0 Å². The largest absolute Gasteiger partial charge is 0.316 e. The van der Waals surface area contributed by atoms with Crippen molar-refractivity contribution in [3.8, 4) is 0 Å². The molecule has 6 heteroatoms. The third-order valence-corrected chi connectivity index (χ3v) is 6.69. The predicted octanol–water partition coefficient (Wildman–Crippen LogP) is 2.29. The maximum absolute atomic E-state index is 12.7. The van der Waals surface area contributed by atoms with E-state index in [2.05, 4.69) is 5.32 Å². The third-order valence-electron chi connectivity index (χ3n) is 3.67. The zero-order valence-electron chi connectivity index (χ0n) is 12.2. The minimum atomic E-state index is -3.20. The van der Waals surface area contributed by atoms with Gasteiger partial charge in [0.15, 0.2) is 0 Å². The summed E-state index contributed by atoms with van der Waals surface area (Å²) in [6.07, 6.45) is 2.09. The van der Waals surface area contributed by atoms with Crippen LogP contribution in [0.4, 0.5) is 0 Å². The molecule has 1 aliphatic rings. The van der Waals surface area contributed by atoms with Gasteiger partial charge in [-0.25, -0.2) is 8.42 Å². The van der Waals surface area contributed by atoms with E-state index in [4.69, 9.17) is 0 Å². The SMILES string of the molecule is CC(C)N(Cc1cccs1)S(=O)(=O)CC1CCCNC1. The molecule has 0 radical (unpaired) electrons. The van der Waals surface area contributed by atoms with Crippen LogP contribution in [0.3, 0.4) is 0 Å². The molecule has 0 spiro atoms. The second-order valence-electron chi connectivity index (χ2n) is 5.71. The number of hydrogen-bond donors (Lipinski definition) is 1. The van der Waals surface area contributed by atoms with Gasteiger partial charge in [0.05, 0.1) is 5.75 Å². The monoisotopic (exact) mass is 316 g/mol. The molecule has 1 fully saturated rings. The topological polar surface area (TPSA) is 49.4 Å². The minimum Gasteiger partial charge on any atom is -0.316 e. The van der Waals surface area contributed by atoms with E-state index < -0.39 is 10.0 Å². The zero-order chi connectivity index (χ0) is 14.6. The van der Waals surface area contributed by atoms with Crippen LogP contribution in [0.15, 0.2) is 17.5 Å². The fourth-order valence-corrected chi connectivity index (χ4v) is 5.45. The number of thiophene rings is 1. The highest BCUT2D eigenvalue weighted by molar-refractivity contribution is 7.89. The Kier molecular flexibility index (Phi) is 5.60. The molecule has 0 bridgehead atoms. The molecule has 114 valence electrons. The van der Waals surface area contributed by atoms with Crippen molar-refractivity contribution in [3.05, 3.63) is 22.4 Å². The number of sulfonamides is 1. The number of nitrogens with one attached hydrogen (secondary N) is 1. The molecule has 1 aromatic heterocycles. The third kappa shape index (κ3) is 4.28. The summed E-state index contributed by atoms with van der Waals surface area (Å²) in [6, 6.07) is 3.96. The normalized spacial score (nSPS) is 20.7. The predicted molar refractivity (Wildman–Crippen MR) is 84.4 cm³/mol. The average Bonchev–Trinajstić information content (AvgIpc) is 2.89. The molecule has 4 nitrogen and oxygen atoms in total. The Balaban J connectivity index is 2.06. The van der Waals surface area contributed by atoms with Gasteiger partial charge in [-0.2, -0.15) is 4.31 Å². The lowest BCUT2D eigenvalue weighted by Crippen LogP contribution is -2.42. The number of rotatable bonds is 6. The van der Waals surface area contributed by atoms with Crippen molar-refractivity contribution < 1.29 is 8.42 Å². The van der Waals surface area contributed by atoms with Crippen molar-refractivity contribution in [1.29, 1.82) is 0 Å². The van der Waals surface area contributed by atoms with Gasteiger partial charge < -0.3 is 5.32 Å². The highest BCUT2D eigenvalue weighted by Crippen LogP contribution is 2.21. The molecule has 1 aromatic rings. The van der Waals surface area contributed by atoms with Crippen LogP contribution in [0, 0.1) is 5.92 Å². The summed E-state index contributed by atoms with van der Waals surface area (Å²) in [6.45, 7) is 6.23. The molecule has 1 atom stereocenters. The van der Waals surface area contributed by atoms with Crippen molar-refractivity contribution >= 4 is 21.4 Å². The molecule has 1 unspecified atom stereocenters. The molecular weight excluding hydrogens is 292 g/mol. The highest BCUT2D eigenvalue weighted by Gasteiger charge is 2.29. The quantitative estimate of drug-likeness (QED) is 0.876. The smallest absolute Gasteiger partial charge is 0.214 e. The molecule has 20 heavy (non-hydrogen) atoms. The molecule has 0 amide bonds. The maximum atomic E-state index is 12.7. The van der Waals surface area contributed by atoms with Gasteiger partial charge in [0, 0.05) is 17.5 Å². The summed E-state index contributed by atoms with van der Waals surface area (Å²) in [7, 11) is -3.20. The first-order valence-electron chi connectivity index (χ1n) is 7.21. The lowest BCUT2D eigenvalue weighted by Gasteiger charge is -2.29. The van der Waals surface area contributed by atoms with Crippen molar-refractivity contribution in [3.63, 3.8) is 0 Å². The number of piperidine rings is 1. The molecule has 0 aliphatic carbocycles. The van der Waals surface area contributed by atoms with E-state index in [0.29, 0.717) is 6.54 Å². The van der Waals surface area contributed by atoms with E-state index in [0.717, 1.165) is 30.8 Å².